The molecule has 3 heteroatoms. The molecule has 0 heterocycles. The number of rotatable bonds is 4. The van der Waals surface area contributed by atoms with Gasteiger partial charge in [-0.1, -0.05) is 13.8 Å². The first-order valence-corrected chi connectivity index (χ1v) is 5.22. The maximum atomic E-state index is 11.0. The first kappa shape index (κ1) is 11.5. The molecule has 14 heavy (non-hydrogen) atoms. The summed E-state index contributed by atoms with van der Waals surface area (Å²) in [7, 11) is 1.69. The van der Waals surface area contributed by atoms with E-state index in [1.165, 1.54) is 0 Å². The Labute approximate surface area is 85.5 Å². The Morgan fingerprint density at radius 3 is 2.57 bits per heavy atom. The second-order valence-corrected chi connectivity index (χ2v) is 4.77. The molecule has 0 spiro atoms. The van der Waals surface area contributed by atoms with Crippen LogP contribution in [0.1, 0.15) is 33.1 Å². The average Bonchev–Trinajstić information content (AvgIpc) is 2.37. The van der Waals surface area contributed by atoms with Crippen molar-refractivity contribution in [2.75, 3.05) is 13.7 Å². The zero-order valence-corrected chi connectivity index (χ0v) is 9.25. The molecule has 82 valence electrons. The lowest BCUT2D eigenvalue weighted by Crippen LogP contribution is -2.30. The molecule has 1 fully saturated rings. The third-order valence-electron chi connectivity index (χ3n) is 3.72. The van der Waals surface area contributed by atoms with Gasteiger partial charge in [0.15, 0.2) is 0 Å². The minimum Gasteiger partial charge on any atom is -0.481 e. The number of ether oxygens (including phenoxy) is 1. The third-order valence-corrected chi connectivity index (χ3v) is 3.72. The molecule has 0 aromatic heterocycles. The molecule has 0 radical (unpaired) electrons. The van der Waals surface area contributed by atoms with Crippen LogP contribution >= 0.6 is 0 Å². The van der Waals surface area contributed by atoms with Gasteiger partial charge in [0.2, 0.25) is 0 Å². The van der Waals surface area contributed by atoms with Gasteiger partial charge in [-0.25, -0.2) is 0 Å². The second-order valence-electron chi connectivity index (χ2n) is 4.77. The van der Waals surface area contributed by atoms with Crippen molar-refractivity contribution < 1.29 is 14.6 Å². The van der Waals surface area contributed by atoms with E-state index >= 15 is 0 Å². The SMILES string of the molecule is COCC[C@@H]1CC[C@H](C(=O)O)C1(C)C. The van der Waals surface area contributed by atoms with E-state index in [9.17, 15) is 4.79 Å². The van der Waals surface area contributed by atoms with Gasteiger partial charge >= 0.3 is 5.97 Å². The number of carbonyl (C=O) groups is 1. The lowest BCUT2D eigenvalue weighted by atomic mass is 9.74. The minimum absolute atomic E-state index is 0.0790. The van der Waals surface area contributed by atoms with Crippen molar-refractivity contribution in [2.24, 2.45) is 17.3 Å². The Hall–Kier alpha value is -0.570. The molecule has 0 unspecified atom stereocenters. The van der Waals surface area contributed by atoms with E-state index in [0.717, 1.165) is 25.9 Å². The molecule has 1 saturated carbocycles. The van der Waals surface area contributed by atoms with Gasteiger partial charge in [0.1, 0.15) is 0 Å². The van der Waals surface area contributed by atoms with E-state index in [0.29, 0.717) is 5.92 Å². The lowest BCUT2D eigenvalue weighted by molar-refractivity contribution is -0.145. The summed E-state index contributed by atoms with van der Waals surface area (Å²) in [6.07, 6.45) is 2.82. The van der Waals surface area contributed by atoms with Crippen LogP contribution in [0.5, 0.6) is 0 Å². The fraction of sp³-hybridized carbons (Fsp3) is 0.909. The largest absolute Gasteiger partial charge is 0.481 e. The second kappa shape index (κ2) is 4.30. The summed E-state index contributed by atoms with van der Waals surface area (Å²) in [4.78, 5) is 11.0. The summed E-state index contributed by atoms with van der Waals surface area (Å²) in [5.41, 5.74) is -0.0790. The summed E-state index contributed by atoms with van der Waals surface area (Å²) in [6.45, 7) is 4.87. The lowest BCUT2D eigenvalue weighted by Gasteiger charge is -2.30. The predicted molar refractivity (Wildman–Crippen MR) is 54.1 cm³/mol. The van der Waals surface area contributed by atoms with Gasteiger partial charge in [-0.2, -0.15) is 0 Å². The molecule has 1 rings (SSSR count). The molecule has 2 atom stereocenters. The topological polar surface area (TPSA) is 46.5 Å². The van der Waals surface area contributed by atoms with Crippen molar-refractivity contribution in [3.05, 3.63) is 0 Å². The van der Waals surface area contributed by atoms with Crippen LogP contribution < -0.4 is 0 Å². The summed E-state index contributed by atoms with van der Waals surface area (Å²) in [6, 6.07) is 0. The Morgan fingerprint density at radius 1 is 1.50 bits per heavy atom. The molecule has 1 aliphatic carbocycles. The van der Waals surface area contributed by atoms with E-state index in [2.05, 4.69) is 13.8 Å². The standard InChI is InChI=1S/C11H20O3/c1-11(2)8(6-7-14-3)4-5-9(11)10(12)13/h8-9H,4-7H2,1-3H3,(H,12,13)/t8-,9+/m0/s1. The number of methoxy groups -OCH3 is 1. The first-order valence-electron chi connectivity index (χ1n) is 5.22. The van der Waals surface area contributed by atoms with Crippen molar-refractivity contribution in [2.45, 2.75) is 33.1 Å². The predicted octanol–water partition coefficient (Wildman–Crippen LogP) is 2.16. The van der Waals surface area contributed by atoms with Crippen molar-refractivity contribution in [1.29, 1.82) is 0 Å². The van der Waals surface area contributed by atoms with Crippen molar-refractivity contribution in [3.63, 3.8) is 0 Å². The van der Waals surface area contributed by atoms with Crippen LogP contribution in [-0.2, 0) is 9.53 Å². The summed E-state index contributed by atoms with van der Waals surface area (Å²) >= 11 is 0. The highest BCUT2D eigenvalue weighted by atomic mass is 16.5. The van der Waals surface area contributed by atoms with Gasteiger partial charge in [-0.3, -0.25) is 4.79 Å². The van der Waals surface area contributed by atoms with E-state index in [1.807, 2.05) is 0 Å². The van der Waals surface area contributed by atoms with Crippen molar-refractivity contribution >= 4 is 5.97 Å². The van der Waals surface area contributed by atoms with Crippen LogP contribution in [0.15, 0.2) is 0 Å². The highest BCUT2D eigenvalue weighted by Gasteiger charge is 2.46. The molecular weight excluding hydrogens is 180 g/mol. The number of carboxylic acids is 1. The molecule has 0 amide bonds. The Morgan fingerprint density at radius 2 is 2.14 bits per heavy atom. The molecule has 1 N–H and O–H groups in total. The number of hydrogen-bond acceptors (Lipinski definition) is 2. The number of aliphatic carboxylic acids is 1. The highest BCUT2D eigenvalue weighted by molar-refractivity contribution is 5.71. The molecule has 1 aliphatic rings. The van der Waals surface area contributed by atoms with Crippen LogP contribution in [0.3, 0.4) is 0 Å². The normalized spacial score (nSPS) is 30.5. The summed E-state index contributed by atoms with van der Waals surface area (Å²) in [5, 5.41) is 9.06. The van der Waals surface area contributed by atoms with Gasteiger partial charge < -0.3 is 9.84 Å². The van der Waals surface area contributed by atoms with Crippen LogP contribution in [0.2, 0.25) is 0 Å². The smallest absolute Gasteiger partial charge is 0.307 e. The van der Waals surface area contributed by atoms with Gasteiger partial charge in [-0.15, -0.1) is 0 Å². The van der Waals surface area contributed by atoms with Crippen LogP contribution in [-0.4, -0.2) is 24.8 Å². The summed E-state index contributed by atoms with van der Waals surface area (Å²) < 4.78 is 5.05. The monoisotopic (exact) mass is 200 g/mol. The van der Waals surface area contributed by atoms with E-state index < -0.39 is 5.97 Å². The van der Waals surface area contributed by atoms with E-state index in [4.69, 9.17) is 9.84 Å². The molecular formula is C11H20O3. The van der Waals surface area contributed by atoms with E-state index in [-0.39, 0.29) is 11.3 Å². The van der Waals surface area contributed by atoms with Gasteiger partial charge in [0.05, 0.1) is 5.92 Å². The Kier molecular flexibility index (Phi) is 3.53. The average molecular weight is 200 g/mol. The molecule has 0 bridgehead atoms. The fourth-order valence-electron chi connectivity index (χ4n) is 2.61. The summed E-state index contributed by atoms with van der Waals surface area (Å²) in [5.74, 6) is -0.331. The minimum atomic E-state index is -0.644. The fourth-order valence-corrected chi connectivity index (χ4v) is 2.61. The van der Waals surface area contributed by atoms with Gasteiger partial charge in [-0.05, 0) is 30.6 Å². The zero-order chi connectivity index (χ0) is 10.8. The van der Waals surface area contributed by atoms with Crippen molar-refractivity contribution in [1.82, 2.24) is 0 Å². The Bertz CT molecular complexity index is 211. The molecule has 0 aromatic carbocycles. The Balaban J connectivity index is 2.61. The third kappa shape index (κ3) is 2.08. The quantitative estimate of drug-likeness (QED) is 0.756. The molecule has 0 aromatic rings. The first-order chi connectivity index (χ1) is 6.50. The zero-order valence-electron chi connectivity index (χ0n) is 9.25. The number of carboxylic acid groups (broad SMARTS) is 1. The van der Waals surface area contributed by atoms with Gasteiger partial charge in [0.25, 0.3) is 0 Å². The van der Waals surface area contributed by atoms with E-state index in [1.54, 1.807) is 7.11 Å². The molecule has 0 aliphatic heterocycles. The van der Waals surface area contributed by atoms with Gasteiger partial charge in [0, 0.05) is 13.7 Å². The van der Waals surface area contributed by atoms with Crippen LogP contribution in [0.4, 0.5) is 0 Å². The maximum absolute atomic E-state index is 11.0. The maximum Gasteiger partial charge on any atom is 0.307 e. The van der Waals surface area contributed by atoms with Crippen molar-refractivity contribution in [3.8, 4) is 0 Å². The molecule has 0 saturated heterocycles. The number of hydrogen-bond donors (Lipinski definition) is 1. The highest BCUT2D eigenvalue weighted by Crippen LogP contribution is 2.48. The molecule has 3 nitrogen and oxygen atoms in total. The van der Waals surface area contributed by atoms with Crippen LogP contribution in [0, 0.1) is 17.3 Å². The van der Waals surface area contributed by atoms with Crippen LogP contribution in [0.25, 0.3) is 0 Å².